The Kier molecular flexibility index (Phi) is 8.52. The summed E-state index contributed by atoms with van der Waals surface area (Å²) in [6, 6.07) is 14.1. The van der Waals surface area contributed by atoms with Crippen molar-refractivity contribution in [1.29, 1.82) is 0 Å². The summed E-state index contributed by atoms with van der Waals surface area (Å²) in [5.74, 6) is 0.263. The number of nitrogens with zero attached hydrogens (tertiary/aromatic N) is 1. The smallest absolute Gasteiger partial charge is 0.242 e. The molecule has 3 rings (SSSR count). The van der Waals surface area contributed by atoms with Crippen molar-refractivity contribution in [3.8, 4) is 0 Å². The van der Waals surface area contributed by atoms with Crippen LogP contribution in [0, 0.1) is 12.7 Å². The van der Waals surface area contributed by atoms with Crippen molar-refractivity contribution < 1.29 is 14.0 Å². The van der Waals surface area contributed by atoms with Crippen LogP contribution in [0.1, 0.15) is 49.3 Å². The summed E-state index contributed by atoms with van der Waals surface area (Å²) < 4.78 is 14.3. The van der Waals surface area contributed by atoms with Crippen LogP contribution >= 0.6 is 11.8 Å². The molecule has 2 aromatic carbocycles. The monoisotopic (exact) mass is 442 g/mol. The van der Waals surface area contributed by atoms with Crippen LogP contribution in [0.4, 0.5) is 4.39 Å². The highest BCUT2D eigenvalue weighted by atomic mass is 32.2. The van der Waals surface area contributed by atoms with Gasteiger partial charge in [0.15, 0.2) is 0 Å². The fourth-order valence-electron chi connectivity index (χ4n) is 3.93. The van der Waals surface area contributed by atoms with Gasteiger partial charge < -0.3 is 10.2 Å². The van der Waals surface area contributed by atoms with Crippen molar-refractivity contribution in [2.75, 3.05) is 5.75 Å². The molecule has 0 aromatic heterocycles. The van der Waals surface area contributed by atoms with Gasteiger partial charge >= 0.3 is 0 Å². The Morgan fingerprint density at radius 2 is 1.90 bits per heavy atom. The molecular weight excluding hydrogens is 411 g/mol. The van der Waals surface area contributed by atoms with Crippen molar-refractivity contribution in [3.05, 3.63) is 71.0 Å². The molecule has 0 radical (unpaired) electrons. The lowest BCUT2D eigenvalue weighted by molar-refractivity contribution is -0.139. The summed E-state index contributed by atoms with van der Waals surface area (Å²) in [5, 5.41) is 3.07. The largest absolute Gasteiger partial charge is 0.352 e. The maximum Gasteiger partial charge on any atom is 0.242 e. The molecule has 1 aliphatic carbocycles. The number of benzene rings is 2. The molecule has 1 N–H and O–H groups in total. The lowest BCUT2D eigenvalue weighted by Gasteiger charge is -2.29. The van der Waals surface area contributed by atoms with Gasteiger partial charge in [0.1, 0.15) is 11.9 Å². The van der Waals surface area contributed by atoms with Gasteiger partial charge in [0.2, 0.25) is 11.8 Å². The molecule has 0 heterocycles. The zero-order chi connectivity index (χ0) is 22.2. The highest BCUT2D eigenvalue weighted by Crippen LogP contribution is 2.20. The van der Waals surface area contributed by atoms with Crippen LogP contribution in [0.3, 0.4) is 0 Å². The fourth-order valence-corrected chi connectivity index (χ4v) is 4.78. The zero-order valence-corrected chi connectivity index (χ0v) is 19.1. The normalized spacial score (nSPS) is 14.9. The second-order valence-electron chi connectivity index (χ2n) is 8.26. The second kappa shape index (κ2) is 11.3. The molecular formula is C25H31FN2O2S. The molecule has 166 valence electrons. The number of aryl methyl sites for hydroxylation is 1. The van der Waals surface area contributed by atoms with Crippen molar-refractivity contribution in [2.24, 2.45) is 0 Å². The fraction of sp³-hybridized carbons (Fsp3) is 0.440. The van der Waals surface area contributed by atoms with E-state index in [4.69, 9.17) is 0 Å². The number of hydrogen-bond acceptors (Lipinski definition) is 3. The predicted octanol–water partition coefficient (Wildman–Crippen LogP) is 4.84. The van der Waals surface area contributed by atoms with Crippen LogP contribution in [-0.4, -0.2) is 34.6 Å². The van der Waals surface area contributed by atoms with Gasteiger partial charge in [-0.2, -0.15) is 0 Å². The molecule has 2 amide bonds. The molecule has 1 aliphatic rings. The van der Waals surface area contributed by atoms with Gasteiger partial charge in [-0.05, 0) is 38.3 Å². The molecule has 1 fully saturated rings. The van der Waals surface area contributed by atoms with E-state index in [-0.39, 0.29) is 36.0 Å². The van der Waals surface area contributed by atoms with E-state index in [1.165, 1.54) is 28.3 Å². The van der Waals surface area contributed by atoms with Gasteiger partial charge in [-0.3, -0.25) is 9.59 Å². The molecule has 6 heteroatoms. The first-order chi connectivity index (χ1) is 14.9. The average molecular weight is 443 g/mol. The molecule has 0 bridgehead atoms. The number of halogens is 1. The Bertz CT molecular complexity index is 899. The molecule has 0 saturated heterocycles. The molecule has 31 heavy (non-hydrogen) atoms. The maximum atomic E-state index is 14.3. The van der Waals surface area contributed by atoms with Gasteiger partial charge in [-0.15, -0.1) is 11.8 Å². The van der Waals surface area contributed by atoms with E-state index in [2.05, 4.69) is 11.4 Å². The van der Waals surface area contributed by atoms with Gasteiger partial charge in [0, 0.05) is 23.9 Å². The number of carbonyl (C=O) groups excluding carboxylic acids is 2. The summed E-state index contributed by atoms with van der Waals surface area (Å²) in [4.78, 5) is 27.5. The molecule has 4 nitrogen and oxygen atoms in total. The number of carbonyl (C=O) groups is 2. The molecule has 1 atom stereocenters. The van der Waals surface area contributed by atoms with E-state index in [1.807, 2.05) is 25.1 Å². The van der Waals surface area contributed by atoms with Crippen LogP contribution in [0.2, 0.25) is 0 Å². The molecule has 0 unspecified atom stereocenters. The van der Waals surface area contributed by atoms with Crippen molar-refractivity contribution >= 4 is 23.6 Å². The Balaban J connectivity index is 1.66. The second-order valence-corrected chi connectivity index (χ2v) is 9.25. The van der Waals surface area contributed by atoms with Crippen LogP contribution in [0.25, 0.3) is 0 Å². The Hall–Kier alpha value is -2.34. The number of amides is 2. The van der Waals surface area contributed by atoms with E-state index in [0.29, 0.717) is 11.3 Å². The van der Waals surface area contributed by atoms with Crippen LogP contribution < -0.4 is 5.32 Å². The third-order valence-corrected chi connectivity index (χ3v) is 6.73. The minimum absolute atomic E-state index is 0.0791. The minimum Gasteiger partial charge on any atom is -0.352 e. The van der Waals surface area contributed by atoms with E-state index < -0.39 is 6.04 Å². The van der Waals surface area contributed by atoms with Crippen LogP contribution in [0.5, 0.6) is 0 Å². The minimum atomic E-state index is -0.660. The Morgan fingerprint density at radius 3 is 2.61 bits per heavy atom. The molecule has 0 spiro atoms. The predicted molar refractivity (Wildman–Crippen MR) is 124 cm³/mol. The molecule has 0 aliphatic heterocycles. The Labute approximate surface area is 188 Å². The summed E-state index contributed by atoms with van der Waals surface area (Å²) in [5.41, 5.74) is 2.76. The summed E-state index contributed by atoms with van der Waals surface area (Å²) in [7, 11) is 0. The van der Waals surface area contributed by atoms with Crippen LogP contribution in [-0.2, 0) is 21.9 Å². The number of rotatable bonds is 9. The lowest BCUT2D eigenvalue weighted by atomic mass is 10.1. The number of thioether (sulfide) groups is 1. The summed E-state index contributed by atoms with van der Waals surface area (Å²) >= 11 is 1.51. The summed E-state index contributed by atoms with van der Waals surface area (Å²) in [6.45, 7) is 3.85. The van der Waals surface area contributed by atoms with Crippen molar-refractivity contribution in [3.63, 3.8) is 0 Å². The molecule has 1 saturated carbocycles. The van der Waals surface area contributed by atoms with Crippen LogP contribution in [0.15, 0.2) is 48.5 Å². The van der Waals surface area contributed by atoms with E-state index in [0.717, 1.165) is 31.2 Å². The zero-order valence-electron chi connectivity index (χ0n) is 18.3. The standard InChI is InChI=1S/C25H31FN2O2S/c1-18-8-7-9-20(14-18)16-31-17-24(29)28(15-21-10-3-6-13-23(21)26)19(2)25(30)27-22-11-4-5-12-22/h3,6-10,13-14,19,22H,4-5,11-12,15-17H2,1-2H3,(H,27,30)/t19-/m1/s1. The van der Waals surface area contributed by atoms with E-state index in [1.54, 1.807) is 25.1 Å². The quantitative estimate of drug-likeness (QED) is 0.604. The Morgan fingerprint density at radius 1 is 1.16 bits per heavy atom. The lowest BCUT2D eigenvalue weighted by Crippen LogP contribution is -2.50. The van der Waals surface area contributed by atoms with Gasteiger partial charge in [-0.1, -0.05) is 60.9 Å². The first-order valence-electron chi connectivity index (χ1n) is 10.9. The van der Waals surface area contributed by atoms with Crippen molar-refractivity contribution in [2.45, 2.75) is 63.9 Å². The third kappa shape index (κ3) is 6.82. The van der Waals surface area contributed by atoms with Gasteiger partial charge in [-0.25, -0.2) is 4.39 Å². The number of hydrogen-bond donors (Lipinski definition) is 1. The first-order valence-corrected chi connectivity index (χ1v) is 12.1. The molecule has 2 aromatic rings. The van der Waals surface area contributed by atoms with E-state index in [9.17, 15) is 14.0 Å². The topological polar surface area (TPSA) is 49.4 Å². The first kappa shape index (κ1) is 23.3. The average Bonchev–Trinajstić information content (AvgIpc) is 3.25. The van der Waals surface area contributed by atoms with E-state index >= 15 is 0 Å². The van der Waals surface area contributed by atoms with Gasteiger partial charge in [0.25, 0.3) is 0 Å². The summed E-state index contributed by atoms with van der Waals surface area (Å²) in [6.07, 6.45) is 4.19. The highest BCUT2D eigenvalue weighted by Gasteiger charge is 2.28. The highest BCUT2D eigenvalue weighted by molar-refractivity contribution is 7.99. The third-order valence-electron chi connectivity index (χ3n) is 5.74. The SMILES string of the molecule is Cc1cccc(CSCC(=O)N(Cc2ccccc2F)[C@H](C)C(=O)NC2CCCC2)c1. The maximum absolute atomic E-state index is 14.3. The van der Waals surface area contributed by atoms with Gasteiger partial charge in [0.05, 0.1) is 5.75 Å². The number of nitrogens with one attached hydrogen (secondary N) is 1. The van der Waals surface area contributed by atoms with Crippen molar-refractivity contribution in [1.82, 2.24) is 10.2 Å².